The van der Waals surface area contributed by atoms with Gasteiger partial charge in [0, 0.05) is 6.20 Å². The summed E-state index contributed by atoms with van der Waals surface area (Å²) in [6.07, 6.45) is 1.54. The summed E-state index contributed by atoms with van der Waals surface area (Å²) >= 11 is 0. The van der Waals surface area contributed by atoms with Crippen molar-refractivity contribution in [2.45, 2.75) is 0 Å². The quantitative estimate of drug-likeness (QED) is 0.777. The molecule has 3 N–H and O–H groups in total. The van der Waals surface area contributed by atoms with Gasteiger partial charge in [0.15, 0.2) is 0 Å². The number of aromatic nitrogens is 1. The summed E-state index contributed by atoms with van der Waals surface area (Å²) in [6.45, 7) is 0. The molecule has 1 amide bonds. The van der Waals surface area contributed by atoms with Crippen LogP contribution in [0.3, 0.4) is 0 Å². The van der Waals surface area contributed by atoms with Gasteiger partial charge in [-0.25, -0.2) is 9.18 Å². The molecule has 92 valence electrons. The van der Waals surface area contributed by atoms with E-state index in [1.165, 1.54) is 24.4 Å². The van der Waals surface area contributed by atoms with Crippen LogP contribution in [0, 0.1) is 5.82 Å². The van der Waals surface area contributed by atoms with Crippen molar-refractivity contribution in [3.05, 3.63) is 53.6 Å². The number of carbonyl (C=O) groups excluding carboxylic acids is 1. The van der Waals surface area contributed by atoms with Crippen LogP contribution in [-0.2, 0) is 0 Å². The molecule has 1 heterocycles. The molecule has 18 heavy (non-hydrogen) atoms. The molecule has 0 aliphatic carbocycles. The first-order valence-electron chi connectivity index (χ1n) is 5.06. The molecule has 0 bridgehead atoms. The Kier molecular flexibility index (Phi) is 3.09. The number of para-hydroxylation sites is 1. The van der Waals surface area contributed by atoms with Gasteiger partial charge in [-0.3, -0.25) is 4.79 Å². The van der Waals surface area contributed by atoms with Gasteiger partial charge in [0.1, 0.15) is 11.5 Å². The van der Waals surface area contributed by atoms with Crippen molar-refractivity contribution in [2.24, 2.45) is 0 Å². The minimum atomic E-state index is -1.31. The number of H-pyrrole nitrogens is 1. The third kappa shape index (κ3) is 2.22. The minimum Gasteiger partial charge on any atom is -0.478 e. The van der Waals surface area contributed by atoms with Crippen molar-refractivity contribution in [1.29, 1.82) is 0 Å². The maximum Gasteiger partial charge on any atom is 0.337 e. The SMILES string of the molecule is O=C(Nc1c(F)cccc1C(=O)O)c1ccc[nH]1. The number of aromatic amines is 1. The fourth-order valence-corrected chi connectivity index (χ4v) is 1.48. The van der Waals surface area contributed by atoms with E-state index in [1.54, 1.807) is 6.07 Å². The highest BCUT2D eigenvalue weighted by Crippen LogP contribution is 2.20. The van der Waals surface area contributed by atoms with Crippen LogP contribution in [0.25, 0.3) is 0 Å². The van der Waals surface area contributed by atoms with E-state index >= 15 is 0 Å². The fourth-order valence-electron chi connectivity index (χ4n) is 1.48. The highest BCUT2D eigenvalue weighted by molar-refractivity contribution is 6.06. The van der Waals surface area contributed by atoms with E-state index < -0.39 is 17.7 Å². The molecular weight excluding hydrogens is 239 g/mol. The van der Waals surface area contributed by atoms with Crippen LogP contribution >= 0.6 is 0 Å². The van der Waals surface area contributed by atoms with Gasteiger partial charge in [0.05, 0.1) is 11.3 Å². The van der Waals surface area contributed by atoms with Crippen molar-refractivity contribution < 1.29 is 19.1 Å². The highest BCUT2D eigenvalue weighted by atomic mass is 19.1. The Hall–Kier alpha value is -2.63. The lowest BCUT2D eigenvalue weighted by Gasteiger charge is -2.08. The first-order chi connectivity index (χ1) is 8.59. The van der Waals surface area contributed by atoms with Crippen molar-refractivity contribution in [1.82, 2.24) is 4.98 Å². The van der Waals surface area contributed by atoms with E-state index in [1.807, 2.05) is 0 Å². The molecule has 0 atom stereocenters. The summed E-state index contributed by atoms with van der Waals surface area (Å²) in [5.41, 5.74) is -0.422. The van der Waals surface area contributed by atoms with E-state index in [9.17, 15) is 14.0 Å². The largest absolute Gasteiger partial charge is 0.478 e. The average Bonchev–Trinajstić information content (AvgIpc) is 2.85. The number of aromatic carboxylic acids is 1. The molecule has 2 rings (SSSR count). The van der Waals surface area contributed by atoms with Crippen LogP contribution in [0.15, 0.2) is 36.5 Å². The standard InChI is InChI=1S/C12H9FN2O3/c13-8-4-1-3-7(12(17)18)10(8)15-11(16)9-5-2-6-14-9/h1-6,14H,(H,15,16)(H,17,18). The van der Waals surface area contributed by atoms with Gasteiger partial charge < -0.3 is 15.4 Å². The number of carboxylic acids is 1. The second-order valence-electron chi connectivity index (χ2n) is 3.51. The van der Waals surface area contributed by atoms with E-state index in [-0.39, 0.29) is 16.9 Å². The molecule has 0 saturated carbocycles. The van der Waals surface area contributed by atoms with Crippen molar-refractivity contribution in [3.63, 3.8) is 0 Å². The summed E-state index contributed by atoms with van der Waals surface area (Å²) in [5, 5.41) is 11.1. The second-order valence-corrected chi connectivity index (χ2v) is 3.51. The summed E-state index contributed by atoms with van der Waals surface area (Å²) in [7, 11) is 0. The number of anilines is 1. The van der Waals surface area contributed by atoms with Gasteiger partial charge in [-0.2, -0.15) is 0 Å². The molecule has 0 radical (unpaired) electrons. The van der Waals surface area contributed by atoms with Crippen LogP contribution in [0.1, 0.15) is 20.8 Å². The lowest BCUT2D eigenvalue weighted by atomic mass is 10.1. The maximum atomic E-state index is 13.5. The Morgan fingerprint density at radius 2 is 2.00 bits per heavy atom. The third-order valence-corrected chi connectivity index (χ3v) is 2.33. The van der Waals surface area contributed by atoms with Crippen molar-refractivity contribution in [3.8, 4) is 0 Å². The molecule has 0 saturated heterocycles. The zero-order chi connectivity index (χ0) is 13.1. The first-order valence-corrected chi connectivity index (χ1v) is 5.06. The third-order valence-electron chi connectivity index (χ3n) is 2.33. The predicted molar refractivity (Wildman–Crippen MR) is 62.1 cm³/mol. The normalized spacial score (nSPS) is 10.1. The lowest BCUT2D eigenvalue weighted by molar-refractivity contribution is 0.0697. The predicted octanol–water partition coefficient (Wildman–Crippen LogP) is 2.10. The van der Waals surface area contributed by atoms with Crippen molar-refractivity contribution in [2.75, 3.05) is 5.32 Å². The van der Waals surface area contributed by atoms with E-state index in [2.05, 4.69) is 10.3 Å². The fraction of sp³-hybridized carbons (Fsp3) is 0. The number of halogens is 1. The van der Waals surface area contributed by atoms with Gasteiger partial charge >= 0.3 is 5.97 Å². The maximum absolute atomic E-state index is 13.5. The molecule has 5 nitrogen and oxygen atoms in total. The van der Waals surface area contributed by atoms with Gasteiger partial charge in [-0.15, -0.1) is 0 Å². The summed E-state index contributed by atoms with van der Waals surface area (Å²) in [5.74, 6) is -2.71. The minimum absolute atomic E-state index is 0.217. The number of hydrogen-bond donors (Lipinski definition) is 3. The first kappa shape index (κ1) is 11.8. The van der Waals surface area contributed by atoms with Crippen LogP contribution in [-0.4, -0.2) is 22.0 Å². The molecule has 0 unspecified atom stereocenters. The van der Waals surface area contributed by atoms with E-state index in [0.717, 1.165) is 6.07 Å². The Balaban J connectivity index is 2.34. The van der Waals surface area contributed by atoms with Gasteiger partial charge in [0.2, 0.25) is 0 Å². The summed E-state index contributed by atoms with van der Waals surface area (Å²) in [4.78, 5) is 25.3. The zero-order valence-electron chi connectivity index (χ0n) is 9.11. The molecule has 1 aromatic heterocycles. The topological polar surface area (TPSA) is 82.2 Å². The summed E-state index contributed by atoms with van der Waals surface area (Å²) < 4.78 is 13.5. The smallest absolute Gasteiger partial charge is 0.337 e. The summed E-state index contributed by atoms with van der Waals surface area (Å²) in [6, 6.07) is 6.67. The zero-order valence-corrected chi connectivity index (χ0v) is 9.11. The molecular formula is C12H9FN2O3. The number of carboxylic acid groups (broad SMARTS) is 1. The number of amides is 1. The Morgan fingerprint density at radius 3 is 2.61 bits per heavy atom. The molecule has 0 aliphatic rings. The van der Waals surface area contributed by atoms with Gasteiger partial charge in [-0.1, -0.05) is 6.07 Å². The van der Waals surface area contributed by atoms with E-state index in [0.29, 0.717) is 0 Å². The van der Waals surface area contributed by atoms with Gasteiger partial charge in [-0.05, 0) is 24.3 Å². The average molecular weight is 248 g/mol. The van der Waals surface area contributed by atoms with Crippen LogP contribution in [0.4, 0.5) is 10.1 Å². The van der Waals surface area contributed by atoms with Crippen LogP contribution in [0.2, 0.25) is 0 Å². The number of benzene rings is 1. The Labute approximate surface area is 101 Å². The second kappa shape index (κ2) is 4.70. The number of rotatable bonds is 3. The number of nitrogens with one attached hydrogen (secondary N) is 2. The van der Waals surface area contributed by atoms with Gasteiger partial charge in [0.25, 0.3) is 5.91 Å². The molecule has 2 aromatic rings. The highest BCUT2D eigenvalue weighted by Gasteiger charge is 2.17. The Morgan fingerprint density at radius 1 is 1.22 bits per heavy atom. The van der Waals surface area contributed by atoms with E-state index in [4.69, 9.17) is 5.11 Å². The molecule has 0 spiro atoms. The molecule has 0 aliphatic heterocycles. The number of hydrogen-bond acceptors (Lipinski definition) is 2. The number of carbonyl (C=O) groups is 2. The Bertz CT molecular complexity index is 593. The van der Waals surface area contributed by atoms with Crippen molar-refractivity contribution >= 4 is 17.6 Å². The monoisotopic (exact) mass is 248 g/mol. The molecule has 0 fully saturated rings. The van der Waals surface area contributed by atoms with Crippen LogP contribution in [0.5, 0.6) is 0 Å². The lowest BCUT2D eigenvalue weighted by Crippen LogP contribution is -2.16. The van der Waals surface area contributed by atoms with Crippen LogP contribution < -0.4 is 5.32 Å². The molecule has 6 heteroatoms. The molecule has 1 aromatic carbocycles.